The van der Waals surface area contributed by atoms with Crippen LogP contribution in [0.1, 0.15) is 19.3 Å². The Morgan fingerprint density at radius 3 is 2.54 bits per heavy atom. The summed E-state index contributed by atoms with van der Waals surface area (Å²) in [6, 6.07) is 7.17. The van der Waals surface area contributed by atoms with E-state index in [1.807, 2.05) is 11.9 Å². The van der Waals surface area contributed by atoms with Crippen LogP contribution in [0.2, 0.25) is 0 Å². The van der Waals surface area contributed by atoms with Gasteiger partial charge in [0.15, 0.2) is 0 Å². The van der Waals surface area contributed by atoms with E-state index in [1.54, 1.807) is 24.3 Å². The van der Waals surface area contributed by atoms with Crippen LogP contribution < -0.4 is 16.4 Å². The van der Waals surface area contributed by atoms with E-state index in [-0.39, 0.29) is 30.0 Å². The Kier molecular flexibility index (Phi) is 4.80. The second kappa shape index (κ2) is 7.00. The predicted molar refractivity (Wildman–Crippen MR) is 92.1 cm³/mol. The number of carbonyl (C=O) groups excluding carboxylic acids is 1. The first kappa shape index (κ1) is 16.4. The van der Waals surface area contributed by atoms with Crippen molar-refractivity contribution >= 4 is 16.7 Å². The zero-order valence-electron chi connectivity index (χ0n) is 13.7. The normalized spacial score (nSPS) is 15.8. The van der Waals surface area contributed by atoms with Crippen molar-refractivity contribution in [3.05, 3.63) is 45.0 Å². The van der Waals surface area contributed by atoms with Gasteiger partial charge in [0.1, 0.15) is 0 Å². The lowest BCUT2D eigenvalue weighted by Gasteiger charge is -2.31. The smallest absolute Gasteiger partial charge is 0.273 e. The largest absolute Gasteiger partial charge is 0.343 e. The molecule has 0 unspecified atom stereocenters. The predicted octanol–water partition coefficient (Wildman–Crippen LogP) is 0.290. The number of piperidine rings is 1. The van der Waals surface area contributed by atoms with Crippen LogP contribution in [-0.2, 0) is 11.3 Å². The first-order valence-electron chi connectivity index (χ1n) is 8.27. The molecule has 24 heavy (non-hydrogen) atoms. The number of benzene rings is 1. The zero-order valence-corrected chi connectivity index (χ0v) is 13.7. The van der Waals surface area contributed by atoms with Gasteiger partial charge in [-0.05, 0) is 32.0 Å². The minimum absolute atomic E-state index is 0.0189. The molecule has 2 N–H and O–H groups in total. The summed E-state index contributed by atoms with van der Waals surface area (Å²) in [5, 5.41) is 6.54. The Morgan fingerprint density at radius 2 is 1.88 bits per heavy atom. The van der Waals surface area contributed by atoms with Gasteiger partial charge in [0.2, 0.25) is 5.91 Å². The second-order valence-electron chi connectivity index (χ2n) is 6.14. The van der Waals surface area contributed by atoms with Crippen molar-refractivity contribution < 1.29 is 4.79 Å². The Hall–Kier alpha value is -2.41. The van der Waals surface area contributed by atoms with E-state index < -0.39 is 0 Å². The first-order valence-corrected chi connectivity index (χ1v) is 8.27. The maximum Gasteiger partial charge on any atom is 0.273 e. The monoisotopic (exact) mass is 330 g/mol. The highest BCUT2D eigenvalue weighted by molar-refractivity contribution is 5.80. The number of aromatic amines is 1. The van der Waals surface area contributed by atoms with Crippen LogP contribution in [0.25, 0.3) is 10.8 Å². The molecule has 1 aromatic carbocycles. The van der Waals surface area contributed by atoms with Gasteiger partial charge in [-0.2, -0.15) is 0 Å². The third kappa shape index (κ3) is 3.26. The Morgan fingerprint density at radius 1 is 1.21 bits per heavy atom. The van der Waals surface area contributed by atoms with E-state index in [0.29, 0.717) is 16.8 Å². The first-order chi connectivity index (χ1) is 11.6. The van der Waals surface area contributed by atoms with Crippen molar-refractivity contribution in [2.45, 2.75) is 31.8 Å². The number of aryl methyl sites for hydroxylation is 1. The molecule has 1 aromatic heterocycles. The van der Waals surface area contributed by atoms with Crippen molar-refractivity contribution in [2.75, 3.05) is 20.1 Å². The van der Waals surface area contributed by atoms with Crippen LogP contribution >= 0.6 is 0 Å². The van der Waals surface area contributed by atoms with E-state index >= 15 is 0 Å². The third-order valence-corrected chi connectivity index (χ3v) is 4.69. The van der Waals surface area contributed by atoms with Gasteiger partial charge in [-0.15, -0.1) is 0 Å². The molecular formula is C17H22N4O3. The molecular weight excluding hydrogens is 308 g/mol. The number of fused-ring (bicyclic) bond motifs is 1. The van der Waals surface area contributed by atoms with Crippen LogP contribution in [0, 0.1) is 0 Å². The molecule has 128 valence electrons. The fourth-order valence-corrected chi connectivity index (χ4v) is 3.19. The standard InChI is InChI=1S/C17H22N4O3/c1-18-12-6-9-20(10-7-12)15(22)8-11-21-17(24)14-5-3-2-4-13(14)16(23)19-21/h2-5,12,18H,6-11H2,1H3,(H,19,23). The quantitative estimate of drug-likeness (QED) is 0.843. The molecule has 1 amide bonds. The van der Waals surface area contributed by atoms with Crippen molar-refractivity contribution in [1.29, 1.82) is 0 Å². The molecule has 1 aliphatic heterocycles. The molecule has 0 saturated carbocycles. The number of carbonyl (C=O) groups is 1. The fraction of sp³-hybridized carbons (Fsp3) is 0.471. The van der Waals surface area contributed by atoms with Gasteiger partial charge in [-0.25, -0.2) is 4.68 Å². The molecule has 1 fully saturated rings. The van der Waals surface area contributed by atoms with E-state index in [0.717, 1.165) is 25.9 Å². The van der Waals surface area contributed by atoms with Crippen LogP contribution in [0.4, 0.5) is 0 Å². The van der Waals surface area contributed by atoms with Gasteiger partial charge in [-0.3, -0.25) is 19.5 Å². The molecule has 0 bridgehead atoms. The van der Waals surface area contributed by atoms with Gasteiger partial charge in [0, 0.05) is 25.6 Å². The molecule has 2 heterocycles. The third-order valence-electron chi connectivity index (χ3n) is 4.69. The summed E-state index contributed by atoms with van der Waals surface area (Å²) >= 11 is 0. The summed E-state index contributed by atoms with van der Waals surface area (Å²) in [6.45, 7) is 1.64. The Bertz CT molecular complexity index is 847. The number of hydrogen-bond donors (Lipinski definition) is 2. The number of rotatable bonds is 4. The minimum Gasteiger partial charge on any atom is -0.343 e. The maximum atomic E-state index is 12.4. The number of nitrogens with one attached hydrogen (secondary N) is 2. The molecule has 0 spiro atoms. The molecule has 0 atom stereocenters. The molecule has 7 heteroatoms. The van der Waals surface area contributed by atoms with Gasteiger partial charge in [-0.1, -0.05) is 12.1 Å². The highest BCUT2D eigenvalue weighted by atomic mass is 16.2. The molecule has 0 radical (unpaired) electrons. The summed E-state index contributed by atoms with van der Waals surface area (Å²) in [5.74, 6) is 0.0189. The van der Waals surface area contributed by atoms with Gasteiger partial charge < -0.3 is 10.2 Å². The van der Waals surface area contributed by atoms with Crippen molar-refractivity contribution in [3.63, 3.8) is 0 Å². The lowest BCUT2D eigenvalue weighted by molar-refractivity contribution is -0.132. The van der Waals surface area contributed by atoms with Crippen molar-refractivity contribution in [3.8, 4) is 0 Å². The van der Waals surface area contributed by atoms with Crippen LogP contribution in [0.15, 0.2) is 33.9 Å². The Balaban J connectivity index is 1.70. The number of hydrogen-bond acceptors (Lipinski definition) is 4. The highest BCUT2D eigenvalue weighted by Gasteiger charge is 2.21. The number of aromatic nitrogens is 2. The van der Waals surface area contributed by atoms with Crippen LogP contribution in [0.5, 0.6) is 0 Å². The summed E-state index contributed by atoms with van der Waals surface area (Å²) in [7, 11) is 1.94. The highest BCUT2D eigenvalue weighted by Crippen LogP contribution is 2.11. The number of nitrogens with zero attached hydrogens (tertiary/aromatic N) is 2. The number of amides is 1. The van der Waals surface area contributed by atoms with Crippen LogP contribution in [-0.4, -0.2) is 46.8 Å². The van der Waals surface area contributed by atoms with E-state index in [9.17, 15) is 14.4 Å². The SMILES string of the molecule is CNC1CCN(C(=O)CCn2[nH]c(=O)c3ccccc3c2=O)CC1. The second-order valence-corrected chi connectivity index (χ2v) is 6.14. The summed E-state index contributed by atoms with van der Waals surface area (Å²) in [5.41, 5.74) is -0.584. The van der Waals surface area contributed by atoms with Crippen molar-refractivity contribution in [1.82, 2.24) is 20.0 Å². The van der Waals surface area contributed by atoms with Gasteiger partial charge in [0.25, 0.3) is 11.1 Å². The zero-order chi connectivity index (χ0) is 17.1. The van der Waals surface area contributed by atoms with E-state index in [1.165, 1.54) is 4.68 Å². The molecule has 1 aliphatic rings. The summed E-state index contributed by atoms with van der Waals surface area (Å²) in [6.07, 6.45) is 2.09. The lowest BCUT2D eigenvalue weighted by Crippen LogP contribution is -2.44. The molecule has 1 saturated heterocycles. The minimum atomic E-state index is -0.313. The summed E-state index contributed by atoms with van der Waals surface area (Å²) < 4.78 is 1.24. The lowest BCUT2D eigenvalue weighted by atomic mass is 10.1. The van der Waals surface area contributed by atoms with E-state index in [4.69, 9.17) is 0 Å². The van der Waals surface area contributed by atoms with Gasteiger partial charge >= 0.3 is 0 Å². The summed E-state index contributed by atoms with van der Waals surface area (Å²) in [4.78, 5) is 38.6. The van der Waals surface area contributed by atoms with E-state index in [2.05, 4.69) is 10.4 Å². The molecule has 3 rings (SSSR count). The van der Waals surface area contributed by atoms with Gasteiger partial charge in [0.05, 0.1) is 17.3 Å². The van der Waals surface area contributed by atoms with Crippen molar-refractivity contribution in [2.24, 2.45) is 0 Å². The molecule has 7 nitrogen and oxygen atoms in total. The van der Waals surface area contributed by atoms with Crippen LogP contribution in [0.3, 0.4) is 0 Å². The maximum absolute atomic E-state index is 12.4. The average Bonchev–Trinajstić information content (AvgIpc) is 2.63. The number of H-pyrrole nitrogens is 1. The topological polar surface area (TPSA) is 87.2 Å². The Labute approximate surface area is 139 Å². The average molecular weight is 330 g/mol. The molecule has 2 aromatic rings. The molecule has 0 aliphatic carbocycles. The fourth-order valence-electron chi connectivity index (χ4n) is 3.19. The number of likely N-dealkylation sites (tertiary alicyclic amines) is 1.